The Morgan fingerprint density at radius 3 is 2.11 bits per heavy atom. The minimum Gasteiger partial charge on any atom is -0.457 e. The highest BCUT2D eigenvalue weighted by Gasteiger charge is 2.34. The molecular weight excluding hydrogens is 426 g/mol. The van der Waals surface area contributed by atoms with Crippen molar-refractivity contribution in [1.82, 2.24) is 4.57 Å². The topological polar surface area (TPSA) is 14.2 Å². The van der Waals surface area contributed by atoms with Gasteiger partial charge in [0.05, 0.1) is 27.7 Å². The van der Waals surface area contributed by atoms with Crippen molar-refractivity contribution < 1.29 is 15.7 Å². The molecule has 0 saturated carbocycles. The third-order valence-corrected chi connectivity index (χ3v) is 6.90. The number of nitrogens with zero attached hydrogens (tertiary/aromatic N) is 1. The first-order valence-electron chi connectivity index (χ1n) is 15.5. The Hall–Kier alpha value is -4.30. The predicted molar refractivity (Wildman–Crippen MR) is 145 cm³/mol. The second-order valence-electron chi connectivity index (χ2n) is 9.24. The molecule has 0 N–H and O–H groups in total. The number of hydrogen-bond donors (Lipinski definition) is 0. The van der Waals surface area contributed by atoms with Gasteiger partial charge in [-0.1, -0.05) is 92.6 Å². The Kier molecular flexibility index (Phi) is 2.85. The van der Waals surface area contributed by atoms with Crippen molar-refractivity contribution in [2.75, 3.05) is 0 Å². The summed E-state index contributed by atoms with van der Waals surface area (Å²) >= 11 is 0. The summed E-state index contributed by atoms with van der Waals surface area (Å²) in [6, 6.07) is 18.6. The Balaban J connectivity index is 1.55. The van der Waals surface area contributed by atoms with Crippen LogP contribution in [0.3, 0.4) is 0 Å². The highest BCUT2D eigenvalue weighted by atomic mass is 16.5. The Morgan fingerprint density at radius 1 is 0.686 bits per heavy atom. The largest absolute Gasteiger partial charge is 0.457 e. The maximum absolute atomic E-state index is 9.09. The van der Waals surface area contributed by atoms with Gasteiger partial charge in [0.2, 0.25) is 0 Å². The summed E-state index contributed by atoms with van der Waals surface area (Å²) < 4.78 is 76.8. The van der Waals surface area contributed by atoms with Crippen molar-refractivity contribution >= 4 is 21.8 Å². The van der Waals surface area contributed by atoms with Gasteiger partial charge in [0.15, 0.2) is 0 Å². The summed E-state index contributed by atoms with van der Waals surface area (Å²) in [5.74, 6) is 0.509. The van der Waals surface area contributed by atoms with Crippen molar-refractivity contribution in [1.29, 1.82) is 0 Å². The van der Waals surface area contributed by atoms with Gasteiger partial charge in [0.25, 0.3) is 0 Å². The van der Waals surface area contributed by atoms with Gasteiger partial charge in [0, 0.05) is 32.9 Å². The van der Waals surface area contributed by atoms with Crippen LogP contribution in [-0.4, -0.2) is 4.57 Å². The zero-order valence-corrected chi connectivity index (χ0v) is 19.2. The summed E-state index contributed by atoms with van der Waals surface area (Å²) in [7, 11) is 0. The number of aromatic nitrogens is 1. The second kappa shape index (κ2) is 7.35. The van der Waals surface area contributed by atoms with Gasteiger partial charge in [-0.3, -0.25) is 0 Å². The number of benzene rings is 5. The minimum atomic E-state index is -0.909. The zero-order chi connectivity index (χ0) is 30.5. The summed E-state index contributed by atoms with van der Waals surface area (Å²) in [5, 5.41) is 1.92. The van der Waals surface area contributed by atoms with E-state index in [0.717, 1.165) is 21.8 Å². The molecule has 0 saturated heterocycles. The molecule has 1 aliphatic rings. The lowest BCUT2D eigenvalue weighted by molar-refractivity contribution is 0.418. The fourth-order valence-electron chi connectivity index (χ4n) is 5.17. The van der Waals surface area contributed by atoms with Gasteiger partial charge >= 0.3 is 0 Å². The number of para-hydroxylation sites is 4. The molecule has 2 nitrogen and oxygen atoms in total. The third-order valence-electron chi connectivity index (χ3n) is 6.90. The maximum Gasteiger partial charge on any atom is 0.131 e. The zero-order valence-electron chi connectivity index (χ0n) is 27.2. The molecule has 2 heterocycles. The van der Waals surface area contributed by atoms with Gasteiger partial charge < -0.3 is 9.30 Å². The van der Waals surface area contributed by atoms with E-state index in [0.29, 0.717) is 33.7 Å². The van der Waals surface area contributed by atoms with E-state index < -0.39 is 5.41 Å². The molecule has 0 radical (unpaired) electrons. The number of hydrogen-bond acceptors (Lipinski definition) is 1. The first-order valence-corrected chi connectivity index (χ1v) is 11.5. The smallest absolute Gasteiger partial charge is 0.131 e. The van der Waals surface area contributed by atoms with E-state index in [4.69, 9.17) is 15.7 Å². The van der Waals surface area contributed by atoms with E-state index in [1.165, 1.54) is 0 Å². The molecule has 0 spiro atoms. The van der Waals surface area contributed by atoms with Crippen LogP contribution in [0.4, 0.5) is 0 Å². The van der Waals surface area contributed by atoms with Crippen LogP contribution in [0.15, 0.2) is 115 Å². The third kappa shape index (κ3) is 2.90. The summed E-state index contributed by atoms with van der Waals surface area (Å²) in [6.07, 6.45) is 0. The molecule has 1 aromatic heterocycles. The molecule has 7 rings (SSSR count). The van der Waals surface area contributed by atoms with E-state index in [-0.39, 0.29) is 54.1 Å². The van der Waals surface area contributed by atoms with Crippen molar-refractivity contribution in [2.24, 2.45) is 0 Å². The molecule has 0 aliphatic carbocycles. The van der Waals surface area contributed by atoms with Gasteiger partial charge in [-0.2, -0.15) is 0 Å². The van der Waals surface area contributed by atoms with Crippen molar-refractivity contribution in [2.45, 2.75) is 19.3 Å². The second-order valence-corrected chi connectivity index (χ2v) is 9.24. The van der Waals surface area contributed by atoms with Crippen LogP contribution in [0.2, 0.25) is 0 Å². The van der Waals surface area contributed by atoms with E-state index in [9.17, 15) is 0 Å². The van der Waals surface area contributed by atoms with Crippen LogP contribution in [0.5, 0.6) is 11.5 Å². The van der Waals surface area contributed by atoms with E-state index >= 15 is 0 Å². The summed E-state index contributed by atoms with van der Waals surface area (Å²) in [5.41, 5.74) is 2.85. The Labute approximate surface area is 216 Å². The van der Waals surface area contributed by atoms with Crippen LogP contribution in [0.25, 0.3) is 38.6 Å². The fraction of sp³-hybridized carbons (Fsp3) is 0.0909. The minimum absolute atomic E-state index is 0.0869. The average Bonchev–Trinajstić information content (AvgIpc) is 3.33. The number of rotatable bonds is 2. The lowest BCUT2D eigenvalue weighted by atomic mass is 9.75. The fourth-order valence-corrected chi connectivity index (χ4v) is 5.17. The molecule has 0 atom stereocenters. The molecule has 2 heteroatoms. The predicted octanol–water partition coefficient (Wildman–Crippen LogP) is 8.88. The molecule has 35 heavy (non-hydrogen) atoms. The van der Waals surface area contributed by atoms with Gasteiger partial charge in [-0.15, -0.1) is 0 Å². The maximum atomic E-state index is 9.09. The first kappa shape index (κ1) is 13.6. The standard InChI is InChI=1S/C33H25NO/c1-33(2)26-14-6-10-18-31(26)35-32-20-19-22(21-27(32)33)23-11-3-7-15-28(23)34-29-16-8-4-12-24(29)25-13-5-9-17-30(25)34/h3-21H,1-2H3/i3D,6D,7D,10D,11D,14D,15D,18D. The normalized spacial score (nSPS) is 17.1. The quantitative estimate of drug-likeness (QED) is 0.252. The SMILES string of the molecule is [2H]c1c([2H])c([2H])c2c(c1[2H])Oc1ccc(-c3c([2H])c([2H])c([2H])c([2H])c3-n3c4ccccc4c4ccccc43)cc1C2(C)C. The van der Waals surface area contributed by atoms with Crippen molar-refractivity contribution in [3.05, 3.63) is 126 Å². The van der Waals surface area contributed by atoms with Gasteiger partial charge in [-0.25, -0.2) is 0 Å². The first-order chi connectivity index (χ1) is 20.4. The lowest BCUT2D eigenvalue weighted by Crippen LogP contribution is -2.24. The number of ether oxygens (including phenoxy) is 1. The van der Waals surface area contributed by atoms with E-state index in [1.807, 2.05) is 73.0 Å². The van der Waals surface area contributed by atoms with Crippen LogP contribution in [0.1, 0.15) is 35.9 Å². The van der Waals surface area contributed by atoms with Crippen LogP contribution < -0.4 is 4.74 Å². The molecule has 168 valence electrons. The number of fused-ring (bicyclic) bond motifs is 5. The molecule has 0 fully saturated rings. The van der Waals surface area contributed by atoms with Gasteiger partial charge in [0.1, 0.15) is 11.5 Å². The summed E-state index contributed by atoms with van der Waals surface area (Å²) in [6.45, 7) is 3.73. The van der Waals surface area contributed by atoms with Crippen LogP contribution in [-0.2, 0) is 5.41 Å². The van der Waals surface area contributed by atoms with E-state index in [1.54, 1.807) is 12.1 Å². The molecule has 6 aromatic rings. The molecule has 5 aromatic carbocycles. The summed E-state index contributed by atoms with van der Waals surface area (Å²) in [4.78, 5) is 0. The van der Waals surface area contributed by atoms with E-state index in [2.05, 4.69) is 0 Å². The van der Waals surface area contributed by atoms with Crippen molar-refractivity contribution in [3.8, 4) is 28.3 Å². The van der Waals surface area contributed by atoms with Crippen LogP contribution in [0, 0.1) is 0 Å². The lowest BCUT2D eigenvalue weighted by Gasteiger charge is -2.34. The molecule has 0 unspecified atom stereocenters. The molecular formula is C33H25NO. The highest BCUT2D eigenvalue weighted by Crippen LogP contribution is 2.49. The van der Waals surface area contributed by atoms with Crippen LogP contribution >= 0.6 is 0 Å². The molecule has 0 amide bonds. The molecule has 1 aliphatic heterocycles. The monoisotopic (exact) mass is 459 g/mol. The Morgan fingerprint density at radius 2 is 1.34 bits per heavy atom. The van der Waals surface area contributed by atoms with Crippen molar-refractivity contribution in [3.63, 3.8) is 0 Å². The average molecular weight is 460 g/mol. The Bertz CT molecular complexity index is 2130. The molecule has 0 bridgehead atoms. The van der Waals surface area contributed by atoms with Gasteiger partial charge in [-0.05, 0) is 41.9 Å². The highest BCUT2D eigenvalue weighted by molar-refractivity contribution is 6.09.